The average Bonchev–Trinajstić information content (AvgIpc) is 3.66. The van der Waals surface area contributed by atoms with Gasteiger partial charge >= 0.3 is 0 Å². The monoisotopic (exact) mass is 632 g/mol. The van der Waals surface area contributed by atoms with Crippen LogP contribution < -0.4 is 4.90 Å². The number of benzene rings is 6. The second-order valence-electron chi connectivity index (χ2n) is 12.2. The molecule has 0 bridgehead atoms. The van der Waals surface area contributed by atoms with Gasteiger partial charge in [0.1, 0.15) is 0 Å². The Bertz CT molecular complexity index is 2500. The van der Waals surface area contributed by atoms with Crippen LogP contribution in [-0.2, 0) is 6.54 Å². The van der Waals surface area contributed by atoms with Gasteiger partial charge in [-0.1, -0.05) is 116 Å². The number of aliphatic imine (C=N–C) groups is 1. The molecule has 49 heavy (non-hydrogen) atoms. The molecule has 4 heteroatoms. The largest absolute Gasteiger partial charge is 0.333 e. The van der Waals surface area contributed by atoms with Crippen molar-refractivity contribution < 1.29 is 0 Å². The van der Waals surface area contributed by atoms with Crippen molar-refractivity contribution in [1.82, 2.24) is 9.13 Å². The van der Waals surface area contributed by atoms with E-state index in [1.165, 1.54) is 16.3 Å². The van der Waals surface area contributed by atoms with E-state index in [4.69, 9.17) is 4.99 Å². The molecule has 0 saturated carbocycles. The van der Waals surface area contributed by atoms with Crippen LogP contribution in [0.5, 0.6) is 0 Å². The van der Waals surface area contributed by atoms with E-state index in [1.807, 2.05) is 12.1 Å². The summed E-state index contributed by atoms with van der Waals surface area (Å²) in [6.07, 6.45) is 6.14. The third kappa shape index (κ3) is 5.15. The third-order valence-corrected chi connectivity index (χ3v) is 9.29. The molecule has 8 aromatic rings. The summed E-state index contributed by atoms with van der Waals surface area (Å²) in [4.78, 5) is 7.17. The maximum Gasteiger partial charge on any atom is 0.161 e. The number of allylic oxidation sites excluding steroid dienone is 1. The van der Waals surface area contributed by atoms with E-state index in [-0.39, 0.29) is 0 Å². The fraction of sp³-hybridized carbons (Fsp3) is 0.0444. The molecule has 0 N–H and O–H groups in total. The molecule has 236 valence electrons. The summed E-state index contributed by atoms with van der Waals surface area (Å²) in [7, 11) is 0. The molecule has 0 atom stereocenters. The lowest BCUT2D eigenvalue weighted by atomic mass is 10.1. The number of anilines is 2. The Balaban J connectivity index is 1.51. The molecule has 0 saturated heterocycles. The minimum Gasteiger partial charge on any atom is -0.333 e. The van der Waals surface area contributed by atoms with Crippen molar-refractivity contribution in [3.05, 3.63) is 175 Å². The van der Waals surface area contributed by atoms with Crippen LogP contribution in [0.3, 0.4) is 0 Å². The Kier molecular flexibility index (Phi) is 7.75. The summed E-state index contributed by atoms with van der Waals surface area (Å²) in [5, 5.41) is 3.47. The molecule has 8 rings (SSSR count). The Labute approximate surface area is 286 Å². The van der Waals surface area contributed by atoms with Gasteiger partial charge in [0.05, 0.1) is 22.2 Å². The van der Waals surface area contributed by atoms with E-state index in [0.717, 1.165) is 61.6 Å². The number of para-hydroxylation sites is 3. The molecule has 0 spiro atoms. The molecule has 4 nitrogen and oxygen atoms in total. The lowest BCUT2D eigenvalue weighted by molar-refractivity contribution is 0.973. The smallest absolute Gasteiger partial charge is 0.161 e. The van der Waals surface area contributed by atoms with Gasteiger partial charge in [0.2, 0.25) is 0 Å². The standard InChI is InChI=1S/C45H36N4/c1-4-17-34-28-37(27-26-33(34)5-2)48-41-25-16-15-24-38(41)39-29-43-40(30-42(39)48)44(45(46-3)49(43)36-22-13-8-14-23-36)47(35-20-11-7-12-21-35)31-32-18-9-6-10-19-32/h4-30H,2-3,31H2,1H3/b17-4-. The Morgan fingerprint density at radius 3 is 1.98 bits per heavy atom. The zero-order chi connectivity index (χ0) is 33.3. The van der Waals surface area contributed by atoms with Gasteiger partial charge in [-0.3, -0.25) is 4.57 Å². The Morgan fingerprint density at radius 1 is 0.612 bits per heavy atom. The number of fused-ring (bicyclic) bond motifs is 4. The summed E-state index contributed by atoms with van der Waals surface area (Å²) < 4.78 is 4.64. The van der Waals surface area contributed by atoms with Crippen LogP contribution in [0.15, 0.2) is 163 Å². The van der Waals surface area contributed by atoms with E-state index in [9.17, 15) is 0 Å². The highest BCUT2D eigenvalue weighted by Crippen LogP contribution is 2.48. The normalized spacial score (nSPS) is 11.5. The van der Waals surface area contributed by atoms with Crippen LogP contribution >= 0.6 is 0 Å². The SMILES string of the molecule is C=Cc1ccc(-n2c3ccccc3c3cc4c(cc32)c(N(Cc2ccccc2)c2ccccc2)c(N=C)n4-c2ccccc2)cc1/C=C\C. The van der Waals surface area contributed by atoms with Crippen LogP contribution in [0.4, 0.5) is 17.2 Å². The zero-order valence-corrected chi connectivity index (χ0v) is 27.5. The zero-order valence-electron chi connectivity index (χ0n) is 27.5. The van der Waals surface area contributed by atoms with Gasteiger partial charge in [-0.15, -0.1) is 0 Å². The lowest BCUT2D eigenvalue weighted by Gasteiger charge is -2.25. The van der Waals surface area contributed by atoms with E-state index >= 15 is 0 Å². The van der Waals surface area contributed by atoms with Crippen LogP contribution in [0, 0.1) is 0 Å². The van der Waals surface area contributed by atoms with Gasteiger partial charge in [0.25, 0.3) is 0 Å². The van der Waals surface area contributed by atoms with E-state index in [2.05, 4.69) is 186 Å². The van der Waals surface area contributed by atoms with Crippen molar-refractivity contribution in [2.24, 2.45) is 4.99 Å². The molecule has 2 heterocycles. The first-order valence-corrected chi connectivity index (χ1v) is 16.6. The number of hydrogen-bond donors (Lipinski definition) is 0. The first-order chi connectivity index (χ1) is 24.2. The molecule has 0 aliphatic heterocycles. The summed E-state index contributed by atoms with van der Waals surface area (Å²) in [6.45, 7) is 10.9. The van der Waals surface area contributed by atoms with E-state index < -0.39 is 0 Å². The lowest BCUT2D eigenvalue weighted by Crippen LogP contribution is -2.16. The van der Waals surface area contributed by atoms with Gasteiger partial charge in [-0.25, -0.2) is 4.99 Å². The predicted octanol–water partition coefficient (Wildman–Crippen LogP) is 12.1. The van der Waals surface area contributed by atoms with Crippen LogP contribution in [0.1, 0.15) is 23.6 Å². The van der Waals surface area contributed by atoms with E-state index in [0.29, 0.717) is 6.54 Å². The Hall–Kier alpha value is -6.39. The van der Waals surface area contributed by atoms with Crippen LogP contribution in [0.2, 0.25) is 0 Å². The first-order valence-electron chi connectivity index (χ1n) is 16.6. The van der Waals surface area contributed by atoms with Crippen molar-refractivity contribution in [3.63, 3.8) is 0 Å². The molecular weight excluding hydrogens is 597 g/mol. The van der Waals surface area contributed by atoms with Crippen molar-refractivity contribution in [1.29, 1.82) is 0 Å². The van der Waals surface area contributed by atoms with Crippen LogP contribution in [0.25, 0.3) is 56.2 Å². The number of nitrogens with zero attached hydrogens (tertiary/aromatic N) is 4. The molecule has 6 aromatic carbocycles. The molecule has 0 aliphatic carbocycles. The minimum atomic E-state index is 0.665. The first kappa shape index (κ1) is 30.0. The molecule has 2 aromatic heterocycles. The molecule has 0 aliphatic rings. The summed E-state index contributed by atoms with van der Waals surface area (Å²) in [6, 6.07) is 51.7. The fourth-order valence-electron chi connectivity index (χ4n) is 7.13. The predicted molar refractivity (Wildman–Crippen MR) is 210 cm³/mol. The van der Waals surface area contributed by atoms with Gasteiger partial charge in [-0.05, 0) is 84.9 Å². The second-order valence-corrected chi connectivity index (χ2v) is 12.2. The number of aromatic nitrogens is 2. The Morgan fingerprint density at radius 2 is 1.27 bits per heavy atom. The van der Waals surface area contributed by atoms with E-state index in [1.54, 1.807) is 0 Å². The molecular formula is C45H36N4. The summed E-state index contributed by atoms with van der Waals surface area (Å²) in [5.74, 6) is 0.801. The highest BCUT2D eigenvalue weighted by Gasteiger charge is 2.26. The molecule has 0 fully saturated rings. The van der Waals surface area contributed by atoms with Gasteiger partial charge in [0.15, 0.2) is 5.82 Å². The second kappa shape index (κ2) is 12.7. The van der Waals surface area contributed by atoms with Crippen LogP contribution in [-0.4, -0.2) is 15.9 Å². The van der Waals surface area contributed by atoms with Crippen molar-refractivity contribution in [3.8, 4) is 11.4 Å². The maximum absolute atomic E-state index is 4.79. The summed E-state index contributed by atoms with van der Waals surface area (Å²) >= 11 is 0. The number of hydrogen-bond acceptors (Lipinski definition) is 2. The van der Waals surface area contributed by atoms with Crippen molar-refractivity contribution in [2.45, 2.75) is 13.5 Å². The third-order valence-electron chi connectivity index (χ3n) is 9.29. The minimum absolute atomic E-state index is 0.665. The average molecular weight is 633 g/mol. The molecule has 0 radical (unpaired) electrons. The number of rotatable bonds is 9. The van der Waals surface area contributed by atoms with Gasteiger partial charge in [-0.2, -0.15) is 0 Å². The van der Waals surface area contributed by atoms with Crippen molar-refractivity contribution in [2.75, 3.05) is 4.90 Å². The highest BCUT2D eigenvalue weighted by atomic mass is 15.2. The maximum atomic E-state index is 4.79. The topological polar surface area (TPSA) is 25.5 Å². The quantitative estimate of drug-likeness (QED) is 0.145. The van der Waals surface area contributed by atoms with Gasteiger partial charge < -0.3 is 9.47 Å². The summed E-state index contributed by atoms with van der Waals surface area (Å²) in [5.41, 5.74) is 11.0. The van der Waals surface area contributed by atoms with Crippen molar-refractivity contribution >= 4 is 68.8 Å². The molecule has 0 unspecified atom stereocenters. The molecule has 0 amide bonds. The van der Waals surface area contributed by atoms with Gasteiger partial charge in [0, 0.05) is 39.8 Å². The highest BCUT2D eigenvalue weighted by molar-refractivity contribution is 6.17. The fourth-order valence-corrected chi connectivity index (χ4v) is 7.13.